The molecule has 0 saturated carbocycles. The quantitative estimate of drug-likeness (QED) is 0.793. The lowest BCUT2D eigenvalue weighted by Gasteiger charge is -2.12. The van der Waals surface area contributed by atoms with Gasteiger partial charge in [-0.05, 0) is 49.2 Å². The number of anilines is 1. The summed E-state index contributed by atoms with van der Waals surface area (Å²) in [6.45, 7) is 4.13. The summed E-state index contributed by atoms with van der Waals surface area (Å²) in [5.74, 6) is 0.129. The van der Waals surface area contributed by atoms with Gasteiger partial charge in [0.25, 0.3) is 5.91 Å². The molecule has 0 radical (unpaired) electrons. The number of nitrogens with one attached hydrogen (secondary N) is 2. The van der Waals surface area contributed by atoms with Crippen LogP contribution in [-0.4, -0.2) is 28.0 Å². The zero-order valence-corrected chi connectivity index (χ0v) is 15.3. The van der Waals surface area contributed by atoms with Crippen LogP contribution in [0.2, 0.25) is 0 Å². The first-order valence-corrected chi connectivity index (χ1v) is 9.41. The zero-order valence-electron chi connectivity index (χ0n) is 14.5. The molecule has 7 heteroatoms. The van der Waals surface area contributed by atoms with E-state index in [4.69, 9.17) is 4.74 Å². The van der Waals surface area contributed by atoms with E-state index in [0.29, 0.717) is 24.4 Å². The Bertz CT molecular complexity index is 863. The van der Waals surface area contributed by atoms with Crippen LogP contribution in [0.15, 0.2) is 47.4 Å². The summed E-state index contributed by atoms with van der Waals surface area (Å²) in [5, 5.41) is 2.76. The highest BCUT2D eigenvalue weighted by atomic mass is 32.2. The average molecular weight is 362 g/mol. The van der Waals surface area contributed by atoms with E-state index in [1.54, 1.807) is 24.3 Å². The van der Waals surface area contributed by atoms with Gasteiger partial charge in [-0.1, -0.05) is 19.1 Å². The highest BCUT2D eigenvalue weighted by Crippen LogP contribution is 2.26. The number of carbonyl (C=O) groups excluding carboxylic acids is 1. The van der Waals surface area contributed by atoms with Gasteiger partial charge in [0, 0.05) is 12.1 Å². The Labute approximate surface area is 148 Å². The first-order chi connectivity index (χ1) is 11.9. The molecule has 134 valence electrons. The first kappa shape index (κ1) is 19.0. The third-order valence-electron chi connectivity index (χ3n) is 3.55. The Morgan fingerprint density at radius 1 is 1.16 bits per heavy atom. The van der Waals surface area contributed by atoms with Crippen molar-refractivity contribution in [3.05, 3.63) is 53.6 Å². The van der Waals surface area contributed by atoms with Gasteiger partial charge in [-0.3, -0.25) is 4.79 Å². The second kappa shape index (κ2) is 8.13. The van der Waals surface area contributed by atoms with Crippen LogP contribution in [0.1, 0.15) is 29.3 Å². The monoisotopic (exact) mass is 362 g/mol. The highest BCUT2D eigenvalue weighted by molar-refractivity contribution is 7.89. The second-order valence-electron chi connectivity index (χ2n) is 5.58. The molecule has 0 aromatic heterocycles. The number of amides is 1. The van der Waals surface area contributed by atoms with Crippen LogP contribution in [0.25, 0.3) is 0 Å². The van der Waals surface area contributed by atoms with Crippen LogP contribution >= 0.6 is 0 Å². The maximum absolute atomic E-state index is 12.5. The van der Waals surface area contributed by atoms with E-state index in [9.17, 15) is 13.2 Å². The van der Waals surface area contributed by atoms with Crippen LogP contribution in [0.5, 0.6) is 5.75 Å². The van der Waals surface area contributed by atoms with Crippen LogP contribution < -0.4 is 14.8 Å². The van der Waals surface area contributed by atoms with Crippen LogP contribution in [0, 0.1) is 6.92 Å². The van der Waals surface area contributed by atoms with Crippen LogP contribution in [0.3, 0.4) is 0 Å². The molecule has 0 unspecified atom stereocenters. The topological polar surface area (TPSA) is 84.5 Å². The molecule has 25 heavy (non-hydrogen) atoms. The molecule has 0 spiro atoms. The van der Waals surface area contributed by atoms with Gasteiger partial charge in [-0.2, -0.15) is 0 Å². The SMILES string of the molecule is CCCNS(=O)(=O)c1cccc(C(=O)Nc2cc(C)ccc2OC)c1. The molecule has 0 heterocycles. The second-order valence-corrected chi connectivity index (χ2v) is 7.35. The Kier molecular flexibility index (Phi) is 6.17. The molecular weight excluding hydrogens is 340 g/mol. The Balaban J connectivity index is 2.26. The number of hydrogen-bond donors (Lipinski definition) is 2. The van der Waals surface area contributed by atoms with Crippen molar-refractivity contribution in [3.8, 4) is 5.75 Å². The molecule has 0 aliphatic carbocycles. The predicted molar refractivity (Wildman–Crippen MR) is 97.6 cm³/mol. The molecule has 0 fully saturated rings. The van der Waals surface area contributed by atoms with Crippen molar-refractivity contribution in [2.24, 2.45) is 0 Å². The fourth-order valence-electron chi connectivity index (χ4n) is 2.24. The molecule has 0 bridgehead atoms. The van der Waals surface area contributed by atoms with E-state index < -0.39 is 15.9 Å². The minimum Gasteiger partial charge on any atom is -0.495 e. The number of sulfonamides is 1. The molecule has 0 aliphatic heterocycles. The average Bonchev–Trinajstić information content (AvgIpc) is 2.60. The van der Waals surface area contributed by atoms with Crippen molar-refractivity contribution in [2.45, 2.75) is 25.2 Å². The smallest absolute Gasteiger partial charge is 0.255 e. The van der Waals surface area contributed by atoms with Crippen LogP contribution in [0.4, 0.5) is 5.69 Å². The molecule has 1 amide bonds. The van der Waals surface area contributed by atoms with E-state index in [-0.39, 0.29) is 10.5 Å². The zero-order chi connectivity index (χ0) is 18.4. The number of rotatable bonds is 7. The van der Waals surface area contributed by atoms with Crippen molar-refractivity contribution in [1.82, 2.24) is 4.72 Å². The number of benzene rings is 2. The lowest BCUT2D eigenvalue weighted by atomic mass is 10.1. The molecule has 0 atom stereocenters. The van der Waals surface area contributed by atoms with E-state index in [0.717, 1.165) is 5.56 Å². The fraction of sp³-hybridized carbons (Fsp3) is 0.278. The Morgan fingerprint density at radius 3 is 2.60 bits per heavy atom. The number of hydrogen-bond acceptors (Lipinski definition) is 4. The standard InChI is InChI=1S/C18H22N2O4S/c1-4-10-19-25(22,23)15-7-5-6-14(12-15)18(21)20-16-11-13(2)8-9-17(16)24-3/h5-9,11-12,19H,4,10H2,1-3H3,(H,20,21). The molecule has 2 aromatic carbocycles. The van der Waals surface area contributed by atoms with Gasteiger partial charge < -0.3 is 10.1 Å². The minimum atomic E-state index is -3.63. The summed E-state index contributed by atoms with van der Waals surface area (Å²) in [5.41, 5.74) is 1.75. The highest BCUT2D eigenvalue weighted by Gasteiger charge is 2.16. The van der Waals surface area contributed by atoms with Gasteiger partial charge in [-0.25, -0.2) is 13.1 Å². The minimum absolute atomic E-state index is 0.0600. The molecule has 6 nitrogen and oxygen atoms in total. The van der Waals surface area contributed by atoms with Crippen LogP contribution in [-0.2, 0) is 10.0 Å². The van der Waals surface area contributed by atoms with E-state index >= 15 is 0 Å². The third-order valence-corrected chi connectivity index (χ3v) is 5.01. The van der Waals surface area contributed by atoms with E-state index in [1.165, 1.54) is 19.2 Å². The first-order valence-electron chi connectivity index (χ1n) is 7.93. The largest absolute Gasteiger partial charge is 0.495 e. The van der Waals surface area contributed by atoms with Gasteiger partial charge in [0.2, 0.25) is 10.0 Å². The van der Waals surface area contributed by atoms with Crippen molar-refractivity contribution in [3.63, 3.8) is 0 Å². The lowest BCUT2D eigenvalue weighted by Crippen LogP contribution is -2.24. The maximum Gasteiger partial charge on any atom is 0.255 e. The summed E-state index contributed by atoms with van der Waals surface area (Å²) in [7, 11) is -2.10. The summed E-state index contributed by atoms with van der Waals surface area (Å²) in [6, 6.07) is 11.4. The van der Waals surface area contributed by atoms with Crippen molar-refractivity contribution in [2.75, 3.05) is 19.0 Å². The number of ether oxygens (including phenoxy) is 1. The summed E-state index contributed by atoms with van der Waals surface area (Å²) < 4.78 is 32.1. The summed E-state index contributed by atoms with van der Waals surface area (Å²) >= 11 is 0. The fourth-order valence-corrected chi connectivity index (χ4v) is 3.42. The van der Waals surface area contributed by atoms with E-state index in [2.05, 4.69) is 10.0 Å². The number of aryl methyl sites for hydroxylation is 1. The van der Waals surface area contributed by atoms with Crippen molar-refractivity contribution < 1.29 is 17.9 Å². The third kappa shape index (κ3) is 4.80. The maximum atomic E-state index is 12.5. The predicted octanol–water partition coefficient (Wildman–Crippen LogP) is 2.94. The normalized spacial score (nSPS) is 11.2. The Hall–Kier alpha value is -2.38. The molecule has 0 saturated heterocycles. The van der Waals surface area contributed by atoms with Crippen molar-refractivity contribution >= 4 is 21.6 Å². The van der Waals surface area contributed by atoms with Crippen molar-refractivity contribution in [1.29, 1.82) is 0 Å². The summed E-state index contributed by atoms with van der Waals surface area (Å²) in [6.07, 6.45) is 0.687. The van der Waals surface area contributed by atoms with Gasteiger partial charge in [0.15, 0.2) is 0 Å². The molecular formula is C18H22N2O4S. The van der Waals surface area contributed by atoms with Gasteiger partial charge in [0.05, 0.1) is 17.7 Å². The van der Waals surface area contributed by atoms with Gasteiger partial charge in [0.1, 0.15) is 5.75 Å². The lowest BCUT2D eigenvalue weighted by molar-refractivity contribution is 0.102. The molecule has 2 N–H and O–H groups in total. The number of methoxy groups -OCH3 is 1. The Morgan fingerprint density at radius 2 is 1.92 bits per heavy atom. The van der Waals surface area contributed by atoms with Gasteiger partial charge in [-0.15, -0.1) is 0 Å². The summed E-state index contributed by atoms with van der Waals surface area (Å²) in [4.78, 5) is 12.6. The molecule has 2 aromatic rings. The van der Waals surface area contributed by atoms with Gasteiger partial charge >= 0.3 is 0 Å². The number of carbonyl (C=O) groups is 1. The molecule has 0 aliphatic rings. The molecule has 2 rings (SSSR count). The van der Waals surface area contributed by atoms with E-state index in [1.807, 2.05) is 19.9 Å².